The van der Waals surface area contributed by atoms with E-state index in [0.29, 0.717) is 24.8 Å². The van der Waals surface area contributed by atoms with Crippen LogP contribution >= 0.6 is 0 Å². The number of fused-ring (bicyclic) bond motifs is 3. The van der Waals surface area contributed by atoms with Gasteiger partial charge in [-0.15, -0.1) is 0 Å². The first-order chi connectivity index (χ1) is 19.9. The highest BCUT2D eigenvalue weighted by Crippen LogP contribution is 2.61. The minimum Gasteiger partial charge on any atom is -0.462 e. The van der Waals surface area contributed by atoms with Crippen molar-refractivity contribution < 1.29 is 47.7 Å². The van der Waals surface area contributed by atoms with Crippen molar-refractivity contribution in [3.63, 3.8) is 0 Å². The van der Waals surface area contributed by atoms with Gasteiger partial charge in [0.15, 0.2) is 12.2 Å². The van der Waals surface area contributed by atoms with Crippen molar-refractivity contribution in [2.75, 3.05) is 0 Å². The molecule has 43 heavy (non-hydrogen) atoms. The van der Waals surface area contributed by atoms with Crippen molar-refractivity contribution in [3.05, 3.63) is 23.3 Å². The highest BCUT2D eigenvalue weighted by molar-refractivity contribution is 5.72. The quantitative estimate of drug-likeness (QED) is 0.222. The van der Waals surface area contributed by atoms with Crippen LogP contribution in [0.2, 0.25) is 0 Å². The van der Waals surface area contributed by atoms with Crippen LogP contribution in [0, 0.1) is 28.6 Å². The van der Waals surface area contributed by atoms with Gasteiger partial charge in [-0.2, -0.15) is 0 Å². The average molecular weight is 605 g/mol. The summed E-state index contributed by atoms with van der Waals surface area (Å²) in [6, 6.07) is 0. The van der Waals surface area contributed by atoms with Crippen molar-refractivity contribution in [1.29, 1.82) is 0 Å². The van der Waals surface area contributed by atoms with Gasteiger partial charge < -0.3 is 23.7 Å². The minimum atomic E-state index is -1.33. The van der Waals surface area contributed by atoms with Crippen molar-refractivity contribution in [2.24, 2.45) is 28.6 Å². The number of carbonyl (C=O) groups excluding carboxylic acids is 5. The Labute approximate surface area is 254 Å². The van der Waals surface area contributed by atoms with E-state index >= 15 is 0 Å². The van der Waals surface area contributed by atoms with E-state index < -0.39 is 83.0 Å². The summed E-state index contributed by atoms with van der Waals surface area (Å²) in [5, 5.41) is 0. The van der Waals surface area contributed by atoms with E-state index in [1.807, 2.05) is 27.7 Å². The molecule has 0 spiro atoms. The predicted molar refractivity (Wildman–Crippen MR) is 156 cm³/mol. The van der Waals surface area contributed by atoms with E-state index in [4.69, 9.17) is 23.7 Å². The third-order valence-corrected chi connectivity index (χ3v) is 9.88. The van der Waals surface area contributed by atoms with Gasteiger partial charge in [-0.25, -0.2) is 0 Å². The number of rotatable bonds is 7. The molecule has 0 aromatic carbocycles. The van der Waals surface area contributed by atoms with Gasteiger partial charge >= 0.3 is 29.8 Å². The van der Waals surface area contributed by atoms with Crippen LogP contribution in [0.4, 0.5) is 0 Å². The van der Waals surface area contributed by atoms with Gasteiger partial charge in [0.1, 0.15) is 18.3 Å². The molecule has 0 N–H and O–H groups in total. The summed E-state index contributed by atoms with van der Waals surface area (Å²) < 4.78 is 30.3. The Morgan fingerprint density at radius 1 is 0.884 bits per heavy atom. The molecule has 0 aromatic rings. The number of carbonyl (C=O) groups is 5. The van der Waals surface area contributed by atoms with Crippen LogP contribution in [-0.4, -0.2) is 60.4 Å². The van der Waals surface area contributed by atoms with Gasteiger partial charge in [0.05, 0.1) is 11.3 Å². The molecule has 3 rings (SSSR count). The summed E-state index contributed by atoms with van der Waals surface area (Å²) in [4.78, 5) is 63.9. The van der Waals surface area contributed by atoms with E-state index in [1.165, 1.54) is 27.7 Å². The molecule has 0 aromatic heterocycles. The Kier molecular flexibility index (Phi) is 10.2. The van der Waals surface area contributed by atoms with E-state index in [-0.39, 0.29) is 12.3 Å². The van der Waals surface area contributed by atoms with Crippen LogP contribution in [0.3, 0.4) is 0 Å². The zero-order chi connectivity index (χ0) is 32.6. The molecule has 0 amide bonds. The van der Waals surface area contributed by atoms with Crippen molar-refractivity contribution in [3.8, 4) is 0 Å². The summed E-state index contributed by atoms with van der Waals surface area (Å²) in [6.45, 7) is 21.0. The first kappa shape index (κ1) is 34.3. The van der Waals surface area contributed by atoms with Crippen LogP contribution in [0.25, 0.3) is 0 Å². The molecule has 0 radical (unpaired) electrons. The molecule has 3 aliphatic rings. The van der Waals surface area contributed by atoms with Crippen LogP contribution in [0.15, 0.2) is 23.3 Å². The standard InChI is InChI=1S/C33H48O10/c1-12-16(2)31(38)43-28-23-14-13-17(3)26(32(23,9)10)29(41-21(7)36)30(42-22(8)37)33(11)25(40-20(6)35)15-24(39-19(5)34)18(4)27(28)33/h16,23-25,27-30H,4,12-15H2,1-3,5-11H3. The molecular weight excluding hydrogens is 556 g/mol. The van der Waals surface area contributed by atoms with Gasteiger partial charge in [0.25, 0.3) is 0 Å². The fourth-order valence-electron chi connectivity index (χ4n) is 7.77. The molecule has 10 heteroatoms. The molecule has 240 valence electrons. The van der Waals surface area contributed by atoms with Gasteiger partial charge in [0, 0.05) is 46.0 Å². The maximum absolute atomic E-state index is 13.6. The second kappa shape index (κ2) is 12.8. The Bertz CT molecular complexity index is 1200. The fourth-order valence-corrected chi connectivity index (χ4v) is 7.77. The summed E-state index contributed by atoms with van der Waals surface area (Å²) >= 11 is 0. The summed E-state index contributed by atoms with van der Waals surface area (Å²) in [5.41, 5.74) is 0.184. The van der Waals surface area contributed by atoms with Crippen molar-refractivity contribution in [2.45, 2.75) is 125 Å². The fraction of sp³-hybridized carbons (Fsp3) is 0.727. The molecule has 9 unspecified atom stereocenters. The second-order valence-electron chi connectivity index (χ2n) is 13.2. The molecule has 2 bridgehead atoms. The van der Waals surface area contributed by atoms with E-state index in [2.05, 4.69) is 6.58 Å². The van der Waals surface area contributed by atoms with Crippen molar-refractivity contribution in [1.82, 2.24) is 0 Å². The number of hydrogen-bond donors (Lipinski definition) is 0. The molecule has 9 atom stereocenters. The summed E-state index contributed by atoms with van der Waals surface area (Å²) in [6.07, 6.45) is -3.07. The molecule has 3 aliphatic carbocycles. The molecule has 0 aliphatic heterocycles. The van der Waals surface area contributed by atoms with Crippen LogP contribution < -0.4 is 0 Å². The normalized spacial score (nSPS) is 34.0. The topological polar surface area (TPSA) is 132 Å². The Hall–Kier alpha value is -3.17. The minimum absolute atomic E-state index is 0.0215. The molecule has 10 nitrogen and oxygen atoms in total. The Morgan fingerprint density at radius 3 is 1.95 bits per heavy atom. The second-order valence-corrected chi connectivity index (χ2v) is 13.2. The van der Waals surface area contributed by atoms with Crippen molar-refractivity contribution >= 4 is 29.8 Å². The number of esters is 5. The first-order valence-corrected chi connectivity index (χ1v) is 15.2. The highest BCUT2D eigenvalue weighted by atomic mass is 16.6. The SMILES string of the molecule is C=C1C(OC(C)=O)CC(OC(C)=O)C2(C)C(OC(C)=O)C(OC(C)=O)C3=C(C)CCC(C(OC(=O)C(C)CC)C12)C3(C)C. The highest BCUT2D eigenvalue weighted by Gasteiger charge is 2.67. The molecule has 0 heterocycles. The smallest absolute Gasteiger partial charge is 0.308 e. The monoisotopic (exact) mass is 604 g/mol. The lowest BCUT2D eigenvalue weighted by molar-refractivity contribution is -0.229. The van der Waals surface area contributed by atoms with E-state index in [9.17, 15) is 24.0 Å². The van der Waals surface area contributed by atoms with E-state index in [1.54, 1.807) is 13.8 Å². The Morgan fingerprint density at radius 2 is 1.44 bits per heavy atom. The molecular formula is C33H48O10. The zero-order valence-electron chi connectivity index (χ0n) is 27.2. The maximum Gasteiger partial charge on any atom is 0.308 e. The number of ether oxygens (including phenoxy) is 5. The largest absolute Gasteiger partial charge is 0.462 e. The van der Waals surface area contributed by atoms with E-state index in [0.717, 1.165) is 11.1 Å². The first-order valence-electron chi connectivity index (χ1n) is 15.2. The summed E-state index contributed by atoms with van der Waals surface area (Å²) in [7, 11) is 0. The molecule has 0 saturated heterocycles. The molecule has 2 fully saturated rings. The van der Waals surface area contributed by atoms with Gasteiger partial charge in [-0.1, -0.05) is 46.8 Å². The number of allylic oxidation sites excluding steroid dienone is 1. The zero-order valence-corrected chi connectivity index (χ0v) is 27.2. The van der Waals surface area contributed by atoms with Crippen LogP contribution in [0.5, 0.6) is 0 Å². The van der Waals surface area contributed by atoms with Gasteiger partial charge in [0.2, 0.25) is 0 Å². The van der Waals surface area contributed by atoms with Gasteiger partial charge in [-0.05, 0) is 42.7 Å². The number of hydrogen-bond acceptors (Lipinski definition) is 10. The lowest BCUT2D eigenvalue weighted by Gasteiger charge is -2.61. The maximum atomic E-state index is 13.6. The van der Waals surface area contributed by atoms with Gasteiger partial charge in [-0.3, -0.25) is 24.0 Å². The lowest BCUT2D eigenvalue weighted by atomic mass is 9.48. The third-order valence-electron chi connectivity index (χ3n) is 9.88. The van der Waals surface area contributed by atoms with Crippen LogP contribution in [0.1, 0.15) is 94.9 Å². The Balaban J connectivity index is 2.47. The lowest BCUT2D eigenvalue weighted by Crippen LogP contribution is -2.68. The predicted octanol–water partition coefficient (Wildman–Crippen LogP) is 5.02. The summed E-state index contributed by atoms with van der Waals surface area (Å²) in [5.74, 6) is -4.28. The average Bonchev–Trinajstić information content (AvgIpc) is 2.87. The molecule has 2 saturated carbocycles. The third kappa shape index (κ3) is 6.53. The van der Waals surface area contributed by atoms with Crippen LogP contribution in [-0.2, 0) is 47.7 Å².